The van der Waals surface area contributed by atoms with Crippen LogP contribution in [0, 0.1) is 6.92 Å². The van der Waals surface area contributed by atoms with Crippen molar-refractivity contribution in [2.75, 3.05) is 6.54 Å². The molecule has 3 heterocycles. The van der Waals surface area contributed by atoms with Crippen LogP contribution >= 0.6 is 0 Å². The van der Waals surface area contributed by atoms with E-state index in [4.69, 9.17) is 0 Å². The van der Waals surface area contributed by atoms with Crippen molar-refractivity contribution in [2.45, 2.75) is 84.1 Å². The average Bonchev–Trinajstić information content (AvgIpc) is 3.17. The number of aryl methyl sites for hydroxylation is 1. The third-order valence-corrected chi connectivity index (χ3v) is 7.15. The number of nitrogens with one attached hydrogen (secondary N) is 2. The molecule has 0 spiro atoms. The van der Waals surface area contributed by atoms with Gasteiger partial charge in [0.2, 0.25) is 0 Å². The van der Waals surface area contributed by atoms with Gasteiger partial charge in [0.05, 0.1) is 5.69 Å². The number of aromatic nitrogens is 2. The lowest BCUT2D eigenvalue weighted by Gasteiger charge is -2.27. The van der Waals surface area contributed by atoms with Crippen LogP contribution in [0.15, 0.2) is 36.5 Å². The van der Waals surface area contributed by atoms with Crippen molar-refractivity contribution in [3.8, 4) is 11.3 Å². The van der Waals surface area contributed by atoms with E-state index in [1.807, 2.05) is 13.1 Å². The molecular weight excluding hydrogens is 394 g/mol. The predicted molar refractivity (Wildman–Crippen MR) is 133 cm³/mol. The van der Waals surface area contributed by atoms with Crippen molar-refractivity contribution >= 4 is 16.7 Å². The van der Waals surface area contributed by atoms with Gasteiger partial charge in [-0.3, -0.25) is 9.78 Å². The maximum absolute atomic E-state index is 13.3. The van der Waals surface area contributed by atoms with E-state index in [9.17, 15) is 4.79 Å². The number of pyridine rings is 1. The zero-order valence-corrected chi connectivity index (χ0v) is 20.2. The summed E-state index contributed by atoms with van der Waals surface area (Å²) in [6, 6.07) is 11.2. The van der Waals surface area contributed by atoms with Gasteiger partial charge in [-0.1, -0.05) is 26.3 Å². The lowest BCUT2D eigenvalue weighted by atomic mass is 9.77. The Morgan fingerprint density at radius 1 is 1.19 bits per heavy atom. The van der Waals surface area contributed by atoms with Gasteiger partial charge in [-0.05, 0) is 87.9 Å². The molecule has 4 nitrogen and oxygen atoms in total. The van der Waals surface area contributed by atoms with Crippen LogP contribution in [0.2, 0.25) is 0 Å². The predicted octanol–water partition coefficient (Wildman–Crippen LogP) is 6.43. The first-order chi connectivity index (χ1) is 15.3. The molecule has 1 aromatic carbocycles. The van der Waals surface area contributed by atoms with Crippen LogP contribution in [0.1, 0.15) is 82.5 Å². The van der Waals surface area contributed by atoms with Crippen molar-refractivity contribution in [1.29, 1.82) is 0 Å². The molecule has 1 aliphatic rings. The van der Waals surface area contributed by atoms with Crippen molar-refractivity contribution in [3.63, 3.8) is 0 Å². The molecule has 0 radical (unpaired) electrons. The molecule has 32 heavy (non-hydrogen) atoms. The van der Waals surface area contributed by atoms with Crippen LogP contribution in [-0.4, -0.2) is 28.3 Å². The molecule has 4 rings (SSSR count). The van der Waals surface area contributed by atoms with E-state index in [1.54, 1.807) is 0 Å². The lowest BCUT2D eigenvalue weighted by molar-refractivity contribution is -0.123. The van der Waals surface area contributed by atoms with Gasteiger partial charge in [-0.25, -0.2) is 0 Å². The number of fused-ring (bicyclic) bond motifs is 1. The zero-order chi connectivity index (χ0) is 22.9. The fourth-order valence-corrected chi connectivity index (χ4v) is 5.08. The molecule has 1 fully saturated rings. The van der Waals surface area contributed by atoms with E-state index in [0.717, 1.165) is 41.0 Å². The van der Waals surface area contributed by atoms with Crippen LogP contribution < -0.4 is 5.32 Å². The van der Waals surface area contributed by atoms with Gasteiger partial charge in [0.1, 0.15) is 5.78 Å². The van der Waals surface area contributed by atoms with Gasteiger partial charge >= 0.3 is 0 Å². The highest BCUT2D eigenvalue weighted by Crippen LogP contribution is 2.38. The third kappa shape index (κ3) is 4.52. The molecule has 0 bridgehead atoms. The van der Waals surface area contributed by atoms with Crippen LogP contribution in [0.3, 0.4) is 0 Å². The van der Waals surface area contributed by atoms with Gasteiger partial charge in [0.15, 0.2) is 0 Å². The molecule has 170 valence electrons. The normalized spacial score (nSPS) is 17.2. The Kier molecular flexibility index (Phi) is 6.52. The number of benzene rings is 1. The standard InChI is InChI=1S/C28H37N3O/c1-18(2)26-23-17-21(28(4,5)25(32)12-10-22-8-6-7-14-30-22)9-11-24(23)31-27(26)20-13-15-29-19(3)16-20/h9,11,13,15-18,22,30-31H,6-8,10,12,14H2,1-5H3. The summed E-state index contributed by atoms with van der Waals surface area (Å²) in [6.07, 6.45) is 7.17. The molecule has 1 aliphatic heterocycles. The minimum atomic E-state index is -0.498. The minimum Gasteiger partial charge on any atom is -0.354 e. The number of rotatable bonds is 7. The molecule has 2 N–H and O–H groups in total. The summed E-state index contributed by atoms with van der Waals surface area (Å²) in [5.41, 5.74) is 6.36. The minimum absolute atomic E-state index is 0.329. The van der Waals surface area contributed by atoms with Gasteiger partial charge in [-0.2, -0.15) is 0 Å². The number of Topliss-reactive ketones (excluding diaryl/α,β-unsaturated/α-hetero) is 1. The second-order valence-corrected chi connectivity index (χ2v) is 10.2. The maximum Gasteiger partial charge on any atom is 0.142 e. The molecule has 0 saturated carbocycles. The monoisotopic (exact) mass is 431 g/mol. The van der Waals surface area contributed by atoms with Crippen molar-refractivity contribution in [2.24, 2.45) is 0 Å². The number of aromatic amines is 1. The molecule has 1 atom stereocenters. The molecule has 0 aliphatic carbocycles. The fourth-order valence-electron chi connectivity index (χ4n) is 5.08. The SMILES string of the molecule is Cc1cc(-c2[nH]c3ccc(C(C)(C)C(=O)CCC4CCCCN4)cc3c2C(C)C)ccn1. The van der Waals surface area contributed by atoms with E-state index in [1.165, 1.54) is 30.2 Å². The average molecular weight is 432 g/mol. The molecular formula is C28H37N3O. The number of carbonyl (C=O) groups excluding carboxylic acids is 1. The van der Waals surface area contributed by atoms with Crippen LogP contribution in [0.4, 0.5) is 0 Å². The van der Waals surface area contributed by atoms with Gasteiger partial charge in [-0.15, -0.1) is 0 Å². The van der Waals surface area contributed by atoms with E-state index in [-0.39, 0.29) is 0 Å². The molecule has 1 unspecified atom stereocenters. The van der Waals surface area contributed by atoms with Gasteiger partial charge < -0.3 is 10.3 Å². The van der Waals surface area contributed by atoms with Crippen molar-refractivity contribution < 1.29 is 4.79 Å². The summed E-state index contributed by atoms with van der Waals surface area (Å²) in [5, 5.41) is 4.79. The Labute approximate surface area is 192 Å². The van der Waals surface area contributed by atoms with Crippen LogP contribution in [-0.2, 0) is 10.2 Å². The second-order valence-electron chi connectivity index (χ2n) is 10.2. The lowest BCUT2D eigenvalue weighted by Crippen LogP contribution is -2.36. The number of piperidine rings is 1. The van der Waals surface area contributed by atoms with E-state index in [2.05, 4.69) is 73.3 Å². The van der Waals surface area contributed by atoms with E-state index in [0.29, 0.717) is 24.2 Å². The summed E-state index contributed by atoms with van der Waals surface area (Å²) in [5.74, 6) is 0.689. The maximum atomic E-state index is 13.3. The summed E-state index contributed by atoms with van der Waals surface area (Å²) < 4.78 is 0. The largest absolute Gasteiger partial charge is 0.354 e. The van der Waals surface area contributed by atoms with E-state index >= 15 is 0 Å². The Morgan fingerprint density at radius 2 is 2.00 bits per heavy atom. The quantitative estimate of drug-likeness (QED) is 0.453. The number of carbonyl (C=O) groups is 1. The third-order valence-electron chi connectivity index (χ3n) is 7.15. The Bertz CT molecular complexity index is 1100. The van der Waals surface area contributed by atoms with Crippen molar-refractivity contribution in [1.82, 2.24) is 15.3 Å². The summed E-state index contributed by atoms with van der Waals surface area (Å²) in [7, 11) is 0. The number of hydrogen-bond donors (Lipinski definition) is 2. The Hall–Kier alpha value is -2.46. The first kappa shape index (κ1) is 22.7. The number of ketones is 1. The van der Waals surface area contributed by atoms with Gasteiger partial charge in [0.25, 0.3) is 0 Å². The van der Waals surface area contributed by atoms with Crippen LogP contribution in [0.25, 0.3) is 22.2 Å². The fraction of sp³-hybridized carbons (Fsp3) is 0.500. The van der Waals surface area contributed by atoms with Crippen molar-refractivity contribution in [3.05, 3.63) is 53.3 Å². The first-order valence-corrected chi connectivity index (χ1v) is 12.1. The smallest absolute Gasteiger partial charge is 0.142 e. The van der Waals surface area contributed by atoms with Crippen LogP contribution in [0.5, 0.6) is 0 Å². The highest BCUT2D eigenvalue weighted by atomic mass is 16.1. The molecule has 4 heteroatoms. The first-order valence-electron chi connectivity index (χ1n) is 12.1. The topological polar surface area (TPSA) is 57.8 Å². The number of nitrogens with zero attached hydrogens (tertiary/aromatic N) is 1. The molecule has 1 saturated heterocycles. The zero-order valence-electron chi connectivity index (χ0n) is 20.2. The molecule has 3 aromatic rings. The summed E-state index contributed by atoms with van der Waals surface area (Å²) in [6.45, 7) is 11.7. The molecule has 0 amide bonds. The number of H-pyrrole nitrogens is 1. The Morgan fingerprint density at radius 3 is 2.69 bits per heavy atom. The highest BCUT2D eigenvalue weighted by Gasteiger charge is 2.31. The summed E-state index contributed by atoms with van der Waals surface area (Å²) >= 11 is 0. The number of hydrogen-bond acceptors (Lipinski definition) is 3. The second kappa shape index (κ2) is 9.19. The summed E-state index contributed by atoms with van der Waals surface area (Å²) in [4.78, 5) is 21.3. The molecule has 2 aromatic heterocycles. The van der Waals surface area contributed by atoms with E-state index < -0.39 is 5.41 Å². The van der Waals surface area contributed by atoms with Gasteiger partial charge in [0, 0.05) is 46.2 Å². The highest BCUT2D eigenvalue weighted by molar-refractivity contribution is 5.95. The Balaban J connectivity index is 1.66.